The number of anilines is 3. The summed E-state index contributed by atoms with van der Waals surface area (Å²) in [4.78, 5) is 40.1. The summed E-state index contributed by atoms with van der Waals surface area (Å²) in [6.45, 7) is 7.16. The number of carbonyl (C=O) groups excluding carboxylic acids is 3. The molecule has 3 aromatic carbocycles. The van der Waals surface area contributed by atoms with Crippen molar-refractivity contribution >= 4 is 93.0 Å². The van der Waals surface area contributed by atoms with E-state index >= 15 is 0 Å². The molecule has 0 bridgehead atoms. The van der Waals surface area contributed by atoms with Crippen LogP contribution >= 0.6 is 58.0 Å². The third-order valence-electron chi connectivity index (χ3n) is 6.57. The SMILES string of the molecule is Cc1cc(N(C)C(=O)OC(C)(C)C)ccc1NC(=O)c1cc(NC(=O)C2C(c3cc(Cl)cc(Cl)c3)C2(Cl)Cl)ccc1Cl. The summed E-state index contributed by atoms with van der Waals surface area (Å²) in [6, 6.07) is 14.6. The lowest BCUT2D eigenvalue weighted by Gasteiger charge is -2.25. The molecular weight excluding hydrogens is 644 g/mol. The number of rotatable bonds is 6. The predicted octanol–water partition coefficient (Wildman–Crippen LogP) is 9.10. The summed E-state index contributed by atoms with van der Waals surface area (Å²) in [5.74, 6) is -2.22. The second kappa shape index (κ2) is 12.1. The Balaban J connectivity index is 1.46. The van der Waals surface area contributed by atoms with Gasteiger partial charge in [0, 0.05) is 40.1 Å². The lowest BCUT2D eigenvalue weighted by Crippen LogP contribution is -2.34. The molecule has 1 aliphatic rings. The van der Waals surface area contributed by atoms with Gasteiger partial charge in [-0.25, -0.2) is 4.79 Å². The molecule has 0 heterocycles. The number of hydrogen-bond acceptors (Lipinski definition) is 4. The molecule has 1 saturated carbocycles. The lowest BCUT2D eigenvalue weighted by molar-refractivity contribution is -0.117. The fourth-order valence-electron chi connectivity index (χ4n) is 4.44. The molecule has 2 N–H and O–H groups in total. The normalized spacial score (nSPS) is 17.3. The summed E-state index contributed by atoms with van der Waals surface area (Å²) in [7, 11) is 1.60. The zero-order valence-electron chi connectivity index (χ0n) is 23.3. The van der Waals surface area contributed by atoms with Gasteiger partial charge >= 0.3 is 6.09 Å². The largest absolute Gasteiger partial charge is 0.443 e. The Morgan fingerprint density at radius 3 is 2.14 bits per heavy atom. The number of benzene rings is 3. The van der Waals surface area contributed by atoms with Gasteiger partial charge in [-0.05, 0) is 93.4 Å². The van der Waals surface area contributed by atoms with Crippen LogP contribution in [0.1, 0.15) is 48.2 Å². The minimum absolute atomic E-state index is 0.140. The summed E-state index contributed by atoms with van der Waals surface area (Å²) in [5.41, 5.74) is 2.30. The van der Waals surface area contributed by atoms with Crippen LogP contribution in [0.15, 0.2) is 54.6 Å². The number of nitrogens with zero attached hydrogens (tertiary/aromatic N) is 1. The second-order valence-electron chi connectivity index (χ2n) is 11.0. The Kier molecular flexibility index (Phi) is 9.31. The topological polar surface area (TPSA) is 87.7 Å². The molecule has 3 aromatic rings. The van der Waals surface area contributed by atoms with E-state index in [9.17, 15) is 14.4 Å². The second-order valence-corrected chi connectivity index (χ2v) is 13.7. The number of halogens is 5. The molecule has 0 aromatic heterocycles. The van der Waals surface area contributed by atoms with Crippen molar-refractivity contribution in [1.82, 2.24) is 0 Å². The first kappa shape index (κ1) is 32.2. The number of carbonyl (C=O) groups is 3. The molecule has 0 spiro atoms. The molecule has 42 heavy (non-hydrogen) atoms. The molecule has 0 radical (unpaired) electrons. The molecular formula is C30H28Cl5N3O4. The van der Waals surface area contributed by atoms with Crippen LogP contribution < -0.4 is 15.5 Å². The summed E-state index contributed by atoms with van der Waals surface area (Å²) < 4.78 is 4.06. The van der Waals surface area contributed by atoms with Gasteiger partial charge in [-0.3, -0.25) is 14.5 Å². The van der Waals surface area contributed by atoms with Gasteiger partial charge in [-0.15, -0.1) is 23.2 Å². The molecule has 2 unspecified atom stereocenters. The van der Waals surface area contributed by atoms with E-state index in [1.807, 2.05) is 0 Å². The first-order chi connectivity index (χ1) is 19.5. The quantitative estimate of drug-likeness (QED) is 0.256. The Morgan fingerprint density at radius 1 is 0.905 bits per heavy atom. The molecule has 4 rings (SSSR count). The Morgan fingerprint density at radius 2 is 1.55 bits per heavy atom. The number of alkyl halides is 2. The first-order valence-corrected chi connectivity index (χ1v) is 14.7. The minimum Gasteiger partial charge on any atom is -0.443 e. The number of hydrogen-bond donors (Lipinski definition) is 2. The predicted molar refractivity (Wildman–Crippen MR) is 171 cm³/mol. The Bertz CT molecular complexity index is 1550. The van der Waals surface area contributed by atoms with Crippen LogP contribution in [0.2, 0.25) is 15.1 Å². The van der Waals surface area contributed by atoms with Crippen molar-refractivity contribution in [2.45, 2.75) is 43.5 Å². The molecule has 1 fully saturated rings. The van der Waals surface area contributed by atoms with Crippen LogP contribution in [0.25, 0.3) is 0 Å². The van der Waals surface area contributed by atoms with Crippen molar-refractivity contribution in [1.29, 1.82) is 0 Å². The van der Waals surface area contributed by atoms with Gasteiger partial charge in [0.25, 0.3) is 5.91 Å². The molecule has 222 valence electrons. The molecule has 0 saturated heterocycles. The van der Waals surface area contributed by atoms with Gasteiger partial charge in [0.2, 0.25) is 5.91 Å². The van der Waals surface area contributed by atoms with E-state index in [2.05, 4.69) is 10.6 Å². The highest BCUT2D eigenvalue weighted by Gasteiger charge is 2.67. The third-order valence-corrected chi connectivity index (χ3v) is 8.28. The van der Waals surface area contributed by atoms with E-state index in [1.54, 1.807) is 77.2 Å². The number of ether oxygens (including phenoxy) is 1. The van der Waals surface area contributed by atoms with E-state index in [4.69, 9.17) is 62.7 Å². The smallest absolute Gasteiger partial charge is 0.414 e. The molecule has 12 heteroatoms. The van der Waals surface area contributed by atoms with Crippen molar-refractivity contribution in [3.63, 3.8) is 0 Å². The van der Waals surface area contributed by atoms with Gasteiger partial charge in [-0.2, -0.15) is 0 Å². The molecule has 7 nitrogen and oxygen atoms in total. The van der Waals surface area contributed by atoms with Crippen molar-refractivity contribution in [2.24, 2.45) is 5.92 Å². The van der Waals surface area contributed by atoms with Crippen LogP contribution in [0.4, 0.5) is 21.9 Å². The number of aryl methyl sites for hydroxylation is 1. The molecule has 0 aliphatic heterocycles. The lowest BCUT2D eigenvalue weighted by atomic mass is 10.1. The Hall–Kier alpha value is -2.68. The maximum absolute atomic E-state index is 13.2. The zero-order chi connectivity index (χ0) is 31.1. The van der Waals surface area contributed by atoms with Gasteiger partial charge in [0.15, 0.2) is 0 Å². The van der Waals surface area contributed by atoms with E-state index in [1.165, 1.54) is 17.0 Å². The molecule has 3 amide bonds. The molecule has 1 aliphatic carbocycles. The fourth-order valence-corrected chi connectivity index (χ4v) is 6.02. The van der Waals surface area contributed by atoms with Gasteiger partial charge < -0.3 is 15.4 Å². The highest BCUT2D eigenvalue weighted by Crippen LogP contribution is 2.65. The van der Waals surface area contributed by atoms with E-state index in [-0.39, 0.29) is 10.6 Å². The maximum Gasteiger partial charge on any atom is 0.414 e. The summed E-state index contributed by atoms with van der Waals surface area (Å²) in [6.07, 6.45) is -0.501. The van der Waals surface area contributed by atoms with Crippen molar-refractivity contribution in [3.05, 3.63) is 86.4 Å². The van der Waals surface area contributed by atoms with E-state index in [0.29, 0.717) is 38.2 Å². The van der Waals surface area contributed by atoms with Gasteiger partial charge in [-0.1, -0.05) is 34.8 Å². The number of amides is 3. The van der Waals surface area contributed by atoms with Crippen LogP contribution in [-0.4, -0.2) is 34.9 Å². The average Bonchev–Trinajstić information content (AvgIpc) is 3.46. The standard InChI is InChI=1S/C30H28Cl5N3O4/c1-15-10-20(38(5)28(41)42-29(2,3)4)7-9-23(15)37-26(39)21-14-19(6-8-22(21)33)36-27(40)25-24(30(25,34)35)16-11-17(31)13-18(32)12-16/h6-14,24-25H,1-5H3,(H,36,40)(H,37,39). The number of nitrogens with one attached hydrogen (secondary N) is 2. The fraction of sp³-hybridized carbons (Fsp3) is 0.300. The van der Waals surface area contributed by atoms with Gasteiger partial charge in [0.05, 0.1) is 16.5 Å². The van der Waals surface area contributed by atoms with Crippen LogP contribution in [-0.2, 0) is 9.53 Å². The third kappa shape index (κ3) is 7.26. The average molecular weight is 672 g/mol. The van der Waals surface area contributed by atoms with E-state index < -0.39 is 39.7 Å². The van der Waals surface area contributed by atoms with Crippen LogP contribution in [0.3, 0.4) is 0 Å². The highest BCUT2D eigenvalue weighted by molar-refractivity contribution is 6.53. The molecule has 2 atom stereocenters. The van der Waals surface area contributed by atoms with Crippen molar-refractivity contribution in [3.8, 4) is 0 Å². The first-order valence-electron chi connectivity index (χ1n) is 12.8. The Labute approximate surface area is 269 Å². The van der Waals surface area contributed by atoms with Crippen LogP contribution in [0.5, 0.6) is 0 Å². The zero-order valence-corrected chi connectivity index (χ0v) is 27.1. The minimum atomic E-state index is -1.36. The van der Waals surface area contributed by atoms with Gasteiger partial charge in [0.1, 0.15) is 9.93 Å². The summed E-state index contributed by atoms with van der Waals surface area (Å²) >= 11 is 31.5. The van der Waals surface area contributed by atoms with Crippen LogP contribution in [0, 0.1) is 12.8 Å². The summed E-state index contributed by atoms with van der Waals surface area (Å²) in [5, 5.41) is 6.60. The monoisotopic (exact) mass is 669 g/mol. The highest BCUT2D eigenvalue weighted by atomic mass is 35.5. The van der Waals surface area contributed by atoms with E-state index in [0.717, 1.165) is 0 Å². The van der Waals surface area contributed by atoms with Crippen molar-refractivity contribution in [2.75, 3.05) is 22.6 Å². The maximum atomic E-state index is 13.2. The van der Waals surface area contributed by atoms with Crippen molar-refractivity contribution < 1.29 is 19.1 Å².